The molecule has 30 heavy (non-hydrogen) atoms. The summed E-state index contributed by atoms with van der Waals surface area (Å²) < 4.78 is 5.91. The molecule has 0 radical (unpaired) electrons. The van der Waals surface area contributed by atoms with Crippen molar-refractivity contribution in [2.45, 2.75) is 23.4 Å². The number of ether oxygens (including phenoxy) is 1. The molecule has 0 saturated heterocycles. The second-order valence-electron chi connectivity index (χ2n) is 6.41. The average molecular weight is 417 g/mol. The van der Waals surface area contributed by atoms with Crippen molar-refractivity contribution < 1.29 is 9.53 Å². The Morgan fingerprint density at radius 2 is 1.83 bits per heavy atom. The molecule has 0 bridgehead atoms. The number of H-pyrrole nitrogens is 1. The number of aromatic nitrogens is 4. The molecule has 8 heteroatoms. The van der Waals surface area contributed by atoms with Crippen LogP contribution in [0.3, 0.4) is 0 Å². The lowest BCUT2D eigenvalue weighted by Gasteiger charge is -2.09. The molecule has 0 fully saturated rings. The van der Waals surface area contributed by atoms with E-state index in [1.807, 2.05) is 37.3 Å². The third-order valence-corrected chi connectivity index (χ3v) is 5.28. The zero-order valence-corrected chi connectivity index (χ0v) is 17.0. The van der Waals surface area contributed by atoms with Crippen molar-refractivity contribution in [2.75, 3.05) is 0 Å². The van der Waals surface area contributed by atoms with Crippen molar-refractivity contribution in [3.05, 3.63) is 90.0 Å². The van der Waals surface area contributed by atoms with Crippen LogP contribution in [0.25, 0.3) is 0 Å². The molecule has 2 N–H and O–H groups in total. The third-order valence-electron chi connectivity index (χ3n) is 4.30. The van der Waals surface area contributed by atoms with Gasteiger partial charge in [-0.3, -0.25) is 9.89 Å². The van der Waals surface area contributed by atoms with Crippen molar-refractivity contribution in [1.29, 1.82) is 0 Å². The minimum absolute atomic E-state index is 0.165. The standard InChI is InChI=1S/C22H19N5O2S/c1-15-17(14-26-27-15)13-25-20(28)16-7-9-18(10-8-16)29-21-22(24-12-11-23-21)30-19-5-3-2-4-6-19/h2-12,14H,13H2,1H3,(H,25,28)(H,26,27). The number of carbonyl (C=O) groups excluding carboxylic acids is 1. The van der Waals surface area contributed by atoms with Crippen molar-refractivity contribution in [3.63, 3.8) is 0 Å². The van der Waals surface area contributed by atoms with E-state index in [0.717, 1.165) is 16.2 Å². The quantitative estimate of drug-likeness (QED) is 0.464. The summed E-state index contributed by atoms with van der Waals surface area (Å²) in [6, 6.07) is 16.8. The molecular weight excluding hydrogens is 398 g/mol. The molecule has 2 heterocycles. The van der Waals surface area contributed by atoms with Gasteiger partial charge in [0, 0.05) is 40.7 Å². The first kappa shape index (κ1) is 19.7. The molecule has 2 aromatic heterocycles. The lowest BCUT2D eigenvalue weighted by Crippen LogP contribution is -2.22. The maximum absolute atomic E-state index is 12.4. The molecule has 2 aromatic carbocycles. The Hall–Kier alpha value is -3.65. The molecule has 0 unspecified atom stereocenters. The van der Waals surface area contributed by atoms with Gasteiger partial charge in [0.15, 0.2) is 5.03 Å². The number of nitrogens with zero attached hydrogens (tertiary/aromatic N) is 3. The normalized spacial score (nSPS) is 10.6. The fourth-order valence-corrected chi connectivity index (χ4v) is 3.48. The fraction of sp³-hybridized carbons (Fsp3) is 0.0909. The summed E-state index contributed by atoms with van der Waals surface area (Å²) in [7, 11) is 0. The molecule has 0 atom stereocenters. The summed E-state index contributed by atoms with van der Waals surface area (Å²) >= 11 is 1.48. The average Bonchev–Trinajstić information content (AvgIpc) is 3.19. The Bertz CT molecular complexity index is 1130. The Kier molecular flexibility index (Phi) is 6.05. The predicted octanol–water partition coefficient (Wildman–Crippen LogP) is 4.38. The largest absolute Gasteiger partial charge is 0.437 e. The number of hydrogen-bond donors (Lipinski definition) is 2. The number of amides is 1. The van der Waals surface area contributed by atoms with E-state index in [9.17, 15) is 4.79 Å². The first-order valence-corrected chi connectivity index (χ1v) is 10.1. The topological polar surface area (TPSA) is 92.8 Å². The number of rotatable bonds is 7. The van der Waals surface area contributed by atoms with Gasteiger partial charge in [0.2, 0.25) is 0 Å². The zero-order valence-electron chi connectivity index (χ0n) is 16.2. The van der Waals surface area contributed by atoms with Crippen LogP contribution in [0.2, 0.25) is 0 Å². The molecule has 0 aliphatic rings. The van der Waals surface area contributed by atoms with Gasteiger partial charge in [-0.05, 0) is 43.3 Å². The number of aryl methyl sites for hydroxylation is 1. The Morgan fingerprint density at radius 1 is 1.07 bits per heavy atom. The molecule has 0 saturated carbocycles. The minimum atomic E-state index is -0.165. The molecule has 7 nitrogen and oxygen atoms in total. The third kappa shape index (κ3) is 4.84. The minimum Gasteiger partial charge on any atom is -0.437 e. The van der Waals surface area contributed by atoms with Crippen LogP contribution in [0, 0.1) is 6.92 Å². The SMILES string of the molecule is Cc1[nH]ncc1CNC(=O)c1ccc(Oc2nccnc2Sc2ccccc2)cc1. The highest BCUT2D eigenvalue weighted by atomic mass is 32.2. The van der Waals surface area contributed by atoms with Crippen LogP contribution in [0.5, 0.6) is 11.6 Å². The molecule has 1 amide bonds. The van der Waals surface area contributed by atoms with E-state index in [0.29, 0.717) is 28.8 Å². The molecule has 0 aliphatic heterocycles. The van der Waals surface area contributed by atoms with E-state index in [1.54, 1.807) is 42.9 Å². The molecule has 0 spiro atoms. The first-order valence-electron chi connectivity index (χ1n) is 9.28. The number of aromatic amines is 1. The van der Waals surface area contributed by atoms with Crippen LogP contribution in [-0.4, -0.2) is 26.1 Å². The van der Waals surface area contributed by atoms with E-state index in [1.165, 1.54) is 11.8 Å². The van der Waals surface area contributed by atoms with E-state index < -0.39 is 0 Å². The first-order chi connectivity index (χ1) is 14.7. The van der Waals surface area contributed by atoms with Crippen molar-refractivity contribution in [1.82, 2.24) is 25.5 Å². The molecule has 0 aliphatic carbocycles. The Labute approximate surface area is 177 Å². The lowest BCUT2D eigenvalue weighted by molar-refractivity contribution is 0.0951. The zero-order chi connectivity index (χ0) is 20.8. The van der Waals surface area contributed by atoms with E-state index in [2.05, 4.69) is 25.5 Å². The monoisotopic (exact) mass is 417 g/mol. The van der Waals surface area contributed by atoms with Crippen LogP contribution < -0.4 is 10.1 Å². The van der Waals surface area contributed by atoms with E-state index >= 15 is 0 Å². The Morgan fingerprint density at radius 3 is 2.57 bits per heavy atom. The van der Waals surface area contributed by atoms with Gasteiger partial charge < -0.3 is 10.1 Å². The van der Waals surface area contributed by atoms with Crippen LogP contribution in [0.1, 0.15) is 21.6 Å². The van der Waals surface area contributed by atoms with Gasteiger partial charge in [-0.2, -0.15) is 5.10 Å². The van der Waals surface area contributed by atoms with Gasteiger partial charge in [-0.15, -0.1) is 0 Å². The molecule has 4 aromatic rings. The summed E-state index contributed by atoms with van der Waals surface area (Å²) in [5, 5.41) is 10.4. The van der Waals surface area contributed by atoms with Crippen LogP contribution in [0.15, 0.2) is 83.1 Å². The summed E-state index contributed by atoms with van der Waals surface area (Å²) in [5.41, 5.74) is 2.43. The van der Waals surface area contributed by atoms with Gasteiger partial charge >= 0.3 is 0 Å². The predicted molar refractivity (Wildman–Crippen MR) is 114 cm³/mol. The lowest BCUT2D eigenvalue weighted by atomic mass is 10.2. The molecule has 4 rings (SSSR count). The van der Waals surface area contributed by atoms with Crippen molar-refractivity contribution in [2.24, 2.45) is 0 Å². The highest BCUT2D eigenvalue weighted by Crippen LogP contribution is 2.33. The summed E-state index contributed by atoms with van der Waals surface area (Å²) in [5.74, 6) is 0.827. The number of nitrogens with one attached hydrogen (secondary N) is 2. The molecule has 150 valence electrons. The van der Waals surface area contributed by atoms with Crippen LogP contribution >= 0.6 is 11.8 Å². The number of benzene rings is 2. The van der Waals surface area contributed by atoms with Crippen molar-refractivity contribution >= 4 is 17.7 Å². The highest BCUT2D eigenvalue weighted by Gasteiger charge is 2.11. The van der Waals surface area contributed by atoms with Gasteiger partial charge in [0.05, 0.1) is 6.20 Å². The van der Waals surface area contributed by atoms with E-state index in [-0.39, 0.29) is 5.91 Å². The number of hydrogen-bond acceptors (Lipinski definition) is 6. The summed E-state index contributed by atoms with van der Waals surface area (Å²) in [6.45, 7) is 2.33. The van der Waals surface area contributed by atoms with Crippen molar-refractivity contribution in [3.8, 4) is 11.6 Å². The van der Waals surface area contributed by atoms with Gasteiger partial charge in [-0.1, -0.05) is 30.0 Å². The van der Waals surface area contributed by atoms with Gasteiger partial charge in [0.25, 0.3) is 11.8 Å². The smallest absolute Gasteiger partial charge is 0.252 e. The summed E-state index contributed by atoms with van der Waals surface area (Å²) in [4.78, 5) is 22.1. The second-order valence-corrected chi connectivity index (χ2v) is 7.47. The highest BCUT2D eigenvalue weighted by molar-refractivity contribution is 7.99. The second kappa shape index (κ2) is 9.23. The number of carbonyl (C=O) groups is 1. The summed E-state index contributed by atoms with van der Waals surface area (Å²) in [6.07, 6.45) is 4.93. The van der Waals surface area contributed by atoms with Gasteiger partial charge in [-0.25, -0.2) is 9.97 Å². The maximum Gasteiger partial charge on any atom is 0.252 e. The maximum atomic E-state index is 12.4. The molecular formula is C22H19N5O2S. The van der Waals surface area contributed by atoms with Crippen LogP contribution in [0.4, 0.5) is 0 Å². The Balaban J connectivity index is 1.41. The fourth-order valence-electron chi connectivity index (χ4n) is 2.67. The van der Waals surface area contributed by atoms with Gasteiger partial charge in [0.1, 0.15) is 5.75 Å². The van der Waals surface area contributed by atoms with E-state index in [4.69, 9.17) is 4.74 Å². The van der Waals surface area contributed by atoms with Crippen LogP contribution in [-0.2, 0) is 6.54 Å².